The van der Waals surface area contributed by atoms with Crippen LogP contribution in [-0.2, 0) is 10.0 Å². The Bertz CT molecular complexity index is 981. The van der Waals surface area contributed by atoms with E-state index in [1.165, 1.54) is 19.2 Å². The zero-order valence-electron chi connectivity index (χ0n) is 13.3. The van der Waals surface area contributed by atoms with Gasteiger partial charge in [0.2, 0.25) is 0 Å². The number of ketones is 1. The van der Waals surface area contributed by atoms with E-state index in [1.54, 1.807) is 47.8 Å². The summed E-state index contributed by atoms with van der Waals surface area (Å²) in [6, 6.07) is 16.6. The molecule has 0 fully saturated rings. The Morgan fingerprint density at radius 2 is 1.76 bits per heavy atom. The Kier molecular flexibility index (Phi) is 4.87. The molecule has 0 saturated heterocycles. The van der Waals surface area contributed by atoms with Crippen molar-refractivity contribution >= 4 is 32.8 Å². The summed E-state index contributed by atoms with van der Waals surface area (Å²) in [4.78, 5) is 12.6. The first kappa shape index (κ1) is 17.2. The summed E-state index contributed by atoms with van der Waals surface area (Å²) >= 11 is 1.11. The van der Waals surface area contributed by atoms with Crippen LogP contribution in [0.5, 0.6) is 5.75 Å². The summed E-state index contributed by atoms with van der Waals surface area (Å²) in [5, 5.41) is 1.68. The van der Waals surface area contributed by atoms with Gasteiger partial charge >= 0.3 is 0 Å². The van der Waals surface area contributed by atoms with Crippen LogP contribution in [0.1, 0.15) is 15.9 Å². The number of carbonyl (C=O) groups is 1. The molecule has 0 saturated carbocycles. The van der Waals surface area contributed by atoms with Gasteiger partial charge in [-0.2, -0.15) is 0 Å². The molecule has 0 aliphatic rings. The molecule has 128 valence electrons. The summed E-state index contributed by atoms with van der Waals surface area (Å²) in [5.41, 5.74) is 1.12. The van der Waals surface area contributed by atoms with Gasteiger partial charge < -0.3 is 4.74 Å². The number of benzene rings is 2. The predicted octanol–water partition coefficient (Wildman–Crippen LogP) is 3.79. The molecular weight excluding hydrogens is 358 g/mol. The van der Waals surface area contributed by atoms with Crippen LogP contribution >= 0.6 is 11.3 Å². The number of rotatable bonds is 6. The van der Waals surface area contributed by atoms with Crippen molar-refractivity contribution in [2.45, 2.75) is 4.21 Å². The van der Waals surface area contributed by atoms with Crippen molar-refractivity contribution in [2.24, 2.45) is 0 Å². The lowest BCUT2D eigenvalue weighted by Gasteiger charge is -2.12. The molecule has 0 unspecified atom stereocenters. The minimum atomic E-state index is -3.73. The van der Waals surface area contributed by atoms with E-state index in [0.29, 0.717) is 16.9 Å². The summed E-state index contributed by atoms with van der Waals surface area (Å²) in [7, 11) is -2.29. The second-order valence-electron chi connectivity index (χ2n) is 5.15. The highest BCUT2D eigenvalue weighted by molar-refractivity contribution is 7.94. The third-order valence-electron chi connectivity index (χ3n) is 3.50. The van der Waals surface area contributed by atoms with Gasteiger partial charge in [0.1, 0.15) is 9.96 Å². The van der Waals surface area contributed by atoms with Crippen LogP contribution < -0.4 is 9.46 Å². The molecule has 5 nitrogen and oxygen atoms in total. The molecule has 0 amide bonds. The first-order valence-electron chi connectivity index (χ1n) is 7.35. The summed E-state index contributed by atoms with van der Waals surface area (Å²) in [5.74, 6) is 0.143. The molecule has 3 rings (SSSR count). The van der Waals surface area contributed by atoms with E-state index in [0.717, 1.165) is 11.3 Å². The average molecular weight is 373 g/mol. The number of hydrogen-bond donors (Lipinski definition) is 1. The lowest BCUT2D eigenvalue weighted by molar-refractivity contribution is 0.103. The molecule has 7 heteroatoms. The maximum absolute atomic E-state index is 12.6. The molecule has 2 aromatic carbocycles. The zero-order valence-corrected chi connectivity index (χ0v) is 14.9. The molecule has 0 aliphatic carbocycles. The number of thiophene rings is 1. The number of hydrogen-bond acceptors (Lipinski definition) is 5. The molecule has 0 aliphatic heterocycles. The first-order chi connectivity index (χ1) is 12.0. The predicted molar refractivity (Wildman–Crippen MR) is 98.0 cm³/mol. The Morgan fingerprint density at radius 3 is 2.40 bits per heavy atom. The minimum absolute atomic E-state index is 0.189. The van der Waals surface area contributed by atoms with Crippen molar-refractivity contribution in [3.05, 3.63) is 77.2 Å². The first-order valence-corrected chi connectivity index (χ1v) is 9.71. The lowest BCUT2D eigenvalue weighted by atomic mass is 10.0. The summed E-state index contributed by atoms with van der Waals surface area (Å²) in [6.07, 6.45) is 0. The lowest BCUT2D eigenvalue weighted by Crippen LogP contribution is -2.13. The van der Waals surface area contributed by atoms with E-state index in [1.807, 2.05) is 6.07 Å². The van der Waals surface area contributed by atoms with Crippen molar-refractivity contribution in [3.8, 4) is 5.75 Å². The van der Waals surface area contributed by atoms with Crippen LogP contribution in [0.3, 0.4) is 0 Å². The highest BCUT2D eigenvalue weighted by Gasteiger charge is 2.19. The van der Waals surface area contributed by atoms with E-state index in [4.69, 9.17) is 4.74 Å². The molecule has 3 aromatic rings. The van der Waals surface area contributed by atoms with E-state index < -0.39 is 10.0 Å². The Hall–Kier alpha value is -2.64. The van der Waals surface area contributed by atoms with Gasteiger partial charge in [-0.25, -0.2) is 8.42 Å². The van der Waals surface area contributed by atoms with Crippen molar-refractivity contribution in [2.75, 3.05) is 11.8 Å². The van der Waals surface area contributed by atoms with Crippen LogP contribution in [0, 0.1) is 0 Å². The Morgan fingerprint density at radius 1 is 1.00 bits per heavy atom. The van der Waals surface area contributed by atoms with E-state index in [2.05, 4.69) is 4.72 Å². The molecule has 1 heterocycles. The van der Waals surface area contributed by atoms with Gasteiger partial charge in [0.05, 0.1) is 12.8 Å². The molecule has 0 radical (unpaired) electrons. The van der Waals surface area contributed by atoms with Crippen molar-refractivity contribution in [1.29, 1.82) is 0 Å². The van der Waals surface area contributed by atoms with Gasteiger partial charge in [0, 0.05) is 11.1 Å². The van der Waals surface area contributed by atoms with Crippen LogP contribution in [0.25, 0.3) is 0 Å². The van der Waals surface area contributed by atoms with E-state index in [9.17, 15) is 13.2 Å². The van der Waals surface area contributed by atoms with Gasteiger partial charge in [-0.05, 0) is 29.6 Å². The van der Waals surface area contributed by atoms with Gasteiger partial charge in [-0.1, -0.05) is 36.4 Å². The van der Waals surface area contributed by atoms with Crippen LogP contribution in [0.15, 0.2) is 70.3 Å². The number of sulfonamides is 1. The third-order valence-corrected chi connectivity index (χ3v) is 6.26. The molecule has 1 N–H and O–H groups in total. The Labute approximate surface area is 150 Å². The van der Waals surface area contributed by atoms with Crippen molar-refractivity contribution < 1.29 is 17.9 Å². The third kappa shape index (κ3) is 3.72. The van der Waals surface area contributed by atoms with Crippen molar-refractivity contribution in [3.63, 3.8) is 0 Å². The standard InChI is InChI=1S/C18H15NO4S2/c1-23-16-10-9-14(18(20)13-6-3-2-4-7-13)12-15(16)19-25(21,22)17-8-5-11-24-17/h2-12,19H,1H3. The van der Waals surface area contributed by atoms with Gasteiger partial charge in [-0.15, -0.1) is 11.3 Å². The second kappa shape index (κ2) is 7.08. The number of methoxy groups -OCH3 is 1. The highest BCUT2D eigenvalue weighted by Crippen LogP contribution is 2.29. The van der Waals surface area contributed by atoms with Crippen LogP contribution in [0.2, 0.25) is 0 Å². The number of anilines is 1. The number of carbonyl (C=O) groups excluding carboxylic acids is 1. The second-order valence-corrected chi connectivity index (χ2v) is 8.00. The van der Waals surface area contributed by atoms with Gasteiger partial charge in [-0.3, -0.25) is 9.52 Å². The minimum Gasteiger partial charge on any atom is -0.495 e. The molecule has 25 heavy (non-hydrogen) atoms. The fourth-order valence-corrected chi connectivity index (χ4v) is 4.35. The number of ether oxygens (including phenoxy) is 1. The summed E-state index contributed by atoms with van der Waals surface area (Å²) < 4.78 is 32.8. The average Bonchev–Trinajstić information content (AvgIpc) is 3.17. The molecule has 0 spiro atoms. The van der Waals surface area contributed by atoms with E-state index in [-0.39, 0.29) is 15.7 Å². The normalized spacial score (nSPS) is 11.1. The van der Waals surface area contributed by atoms with Gasteiger partial charge in [0.25, 0.3) is 10.0 Å². The smallest absolute Gasteiger partial charge is 0.271 e. The molecular formula is C18H15NO4S2. The fraction of sp³-hybridized carbons (Fsp3) is 0.0556. The fourth-order valence-electron chi connectivity index (χ4n) is 2.30. The largest absolute Gasteiger partial charge is 0.495 e. The molecule has 1 aromatic heterocycles. The van der Waals surface area contributed by atoms with E-state index >= 15 is 0 Å². The molecule has 0 atom stereocenters. The highest BCUT2D eigenvalue weighted by atomic mass is 32.2. The van der Waals surface area contributed by atoms with Crippen LogP contribution in [0.4, 0.5) is 5.69 Å². The summed E-state index contributed by atoms with van der Waals surface area (Å²) in [6.45, 7) is 0. The Balaban J connectivity index is 1.97. The topological polar surface area (TPSA) is 72.5 Å². The quantitative estimate of drug-likeness (QED) is 0.667. The SMILES string of the molecule is COc1ccc(C(=O)c2ccccc2)cc1NS(=O)(=O)c1cccs1. The monoisotopic (exact) mass is 373 g/mol. The van der Waals surface area contributed by atoms with Crippen LogP contribution in [-0.4, -0.2) is 21.3 Å². The number of nitrogens with one attached hydrogen (secondary N) is 1. The maximum atomic E-state index is 12.6. The zero-order chi connectivity index (χ0) is 17.9. The maximum Gasteiger partial charge on any atom is 0.271 e. The van der Waals surface area contributed by atoms with Crippen molar-refractivity contribution in [1.82, 2.24) is 0 Å². The van der Waals surface area contributed by atoms with Gasteiger partial charge in [0.15, 0.2) is 5.78 Å². The molecule has 0 bridgehead atoms.